The van der Waals surface area contributed by atoms with Gasteiger partial charge in [0.25, 0.3) is 0 Å². The van der Waals surface area contributed by atoms with Crippen molar-refractivity contribution in [2.24, 2.45) is 20.0 Å². The number of allylic oxidation sites excluding steroid dienone is 1. The number of benzene rings is 5. The molecule has 0 aliphatic carbocycles. The van der Waals surface area contributed by atoms with Crippen molar-refractivity contribution in [2.75, 3.05) is 14.2 Å². The van der Waals surface area contributed by atoms with Gasteiger partial charge in [-0.15, -0.1) is 0 Å². The standard InChI is InChI=1S/C27H25N3O2.2C22H23N3O2.C20H19N3O2/c1-17-12-18(2)28-22(17)14-24-27(32-3)15-23(29-24)26-13-20-6-4-5-7-25(20)30(26)16-19-8-10-21(31)11-9-19;1-12(2)27-22-11-20(19-8-15-5-6-16(26)9-18(15)24-19)25-21(22)10-17-13(3)7-14(4)23-17;1-12(2)27-22-11-19(18-9-15-16(24-18)6-5-7-21(15)26)25-20(22)10-17-13(3)8-14(4)23-17;1-11-7-12(2)21-15(11)9-18-20(25-3)10-17(23-18)16-8-13-14(22-16)5-4-6-19(13)24/h4-15,28,31H,16H2,1-3H3;2*5-12,23,25-26H,1-4H3;4-10,21,23-24H,1-3H3/b24-14-;20-19?,21-10-;19-18?,20-10-;17-16?,18-9-. The van der Waals surface area contributed by atoms with Crippen LogP contribution in [0.2, 0.25) is 0 Å². The van der Waals surface area contributed by atoms with Gasteiger partial charge in [0.2, 0.25) is 0 Å². The Balaban J connectivity index is 0.000000124. The molecule has 0 fully saturated rings. The predicted octanol–water partition coefficient (Wildman–Crippen LogP) is 9.45. The molecule has 17 rings (SSSR count). The van der Waals surface area contributed by atoms with Crippen LogP contribution in [0.5, 0.6) is 40.2 Å². The van der Waals surface area contributed by atoms with Gasteiger partial charge < -0.3 is 78.8 Å². The summed E-state index contributed by atoms with van der Waals surface area (Å²) in [4.78, 5) is 42.5. The Bertz CT molecular complexity index is 6750. The van der Waals surface area contributed by atoms with E-state index in [1.165, 1.54) is 22.3 Å². The van der Waals surface area contributed by atoms with Gasteiger partial charge in [-0.3, -0.25) is 0 Å². The number of ether oxygens (including phenoxy) is 4. The van der Waals surface area contributed by atoms with Gasteiger partial charge >= 0.3 is 0 Å². The molecule has 20 heteroatoms. The summed E-state index contributed by atoms with van der Waals surface area (Å²) in [6.07, 6.45) is 16.1. The summed E-state index contributed by atoms with van der Waals surface area (Å²) in [5.74, 6) is 4.02. The molecule has 0 radical (unpaired) electrons. The van der Waals surface area contributed by atoms with Gasteiger partial charge in [-0.1, -0.05) is 42.5 Å². The Morgan fingerprint density at radius 2 is 0.865 bits per heavy atom. The molecule has 4 aliphatic heterocycles. The Kier molecular flexibility index (Phi) is 20.9. The lowest BCUT2D eigenvalue weighted by Crippen LogP contribution is -2.20. The molecule has 13 aromatic rings. The molecule has 8 aromatic heterocycles. The van der Waals surface area contributed by atoms with Gasteiger partial charge in [-0.05, 0) is 238 Å². The van der Waals surface area contributed by atoms with Gasteiger partial charge in [-0.25, -0.2) is 20.0 Å². The topological polar surface area (TPSA) is 283 Å². The Hall–Kier alpha value is -13.6. The van der Waals surface area contributed by atoms with Crippen molar-refractivity contribution in [1.82, 2.24) is 39.5 Å². The van der Waals surface area contributed by atoms with Gasteiger partial charge in [-0.2, -0.15) is 0 Å². The van der Waals surface area contributed by atoms with Gasteiger partial charge in [0, 0.05) is 109 Å². The molecule has 0 unspecified atom stereocenters. The third-order valence-corrected chi connectivity index (χ3v) is 19.2. The van der Waals surface area contributed by atoms with Crippen LogP contribution in [0.25, 0.3) is 70.5 Å². The highest BCUT2D eigenvalue weighted by molar-refractivity contribution is 6.13. The molecule has 0 saturated carbocycles. The number of para-hydroxylation sites is 1. The third kappa shape index (κ3) is 16.5. The molecular weight excluding hydrogens is 1390 g/mol. The largest absolute Gasteiger partial charge is 0.508 e. The number of rotatable bonds is 13. The fraction of sp³-hybridized carbons (Fsp3) is 0.187. The molecule has 0 bridgehead atoms. The number of hydrogen-bond acceptors (Lipinski definition) is 12. The van der Waals surface area contributed by atoms with Gasteiger partial charge in [0.05, 0.1) is 103 Å². The van der Waals surface area contributed by atoms with Crippen LogP contribution in [0.1, 0.15) is 107 Å². The zero-order valence-corrected chi connectivity index (χ0v) is 64.6. The summed E-state index contributed by atoms with van der Waals surface area (Å²) in [6.45, 7) is 25.2. The van der Waals surface area contributed by atoms with E-state index in [0.717, 1.165) is 183 Å². The molecule has 562 valence electrons. The number of nitrogens with zero attached hydrogens (tertiary/aromatic N) is 5. The van der Waals surface area contributed by atoms with E-state index in [1.54, 1.807) is 62.8 Å². The van der Waals surface area contributed by atoms with E-state index in [4.69, 9.17) is 23.9 Å². The maximum atomic E-state index is 10.1. The highest BCUT2D eigenvalue weighted by Gasteiger charge is 2.23. The number of phenolic OH excluding ortho intramolecular Hbond substituents is 4. The van der Waals surface area contributed by atoms with E-state index in [1.807, 2.05) is 153 Å². The monoisotopic (exact) mass is 1480 g/mol. The summed E-state index contributed by atoms with van der Waals surface area (Å²) in [5.41, 5.74) is 20.7. The van der Waals surface area contributed by atoms with Crippen LogP contribution in [0, 0.1) is 55.4 Å². The first-order chi connectivity index (χ1) is 53.3. The number of methoxy groups -OCH3 is 2. The molecule has 20 nitrogen and oxygen atoms in total. The van der Waals surface area contributed by atoms with Gasteiger partial charge in [0.1, 0.15) is 51.7 Å². The lowest BCUT2D eigenvalue weighted by Gasteiger charge is -2.10. The van der Waals surface area contributed by atoms with Crippen LogP contribution in [0.4, 0.5) is 0 Å². The van der Waals surface area contributed by atoms with Crippen molar-refractivity contribution >= 4 is 76.2 Å². The smallest absolute Gasteiger partial charge is 0.146 e. The molecule has 0 atom stereocenters. The third-order valence-electron chi connectivity index (χ3n) is 19.2. The Morgan fingerprint density at radius 3 is 1.32 bits per heavy atom. The normalized spacial score (nSPS) is 15.4. The first-order valence-electron chi connectivity index (χ1n) is 36.8. The minimum Gasteiger partial charge on any atom is -0.508 e. The number of aliphatic imine (C=N–C) groups is 1. The van der Waals surface area contributed by atoms with Crippen molar-refractivity contribution < 1.29 is 39.4 Å². The summed E-state index contributed by atoms with van der Waals surface area (Å²) < 4.78 is 25.5. The number of nitrogens with one attached hydrogen (secondary N) is 7. The van der Waals surface area contributed by atoms with Gasteiger partial charge in [0.15, 0.2) is 0 Å². The number of phenols is 4. The summed E-state index contributed by atoms with van der Waals surface area (Å²) in [6, 6.07) is 48.1. The summed E-state index contributed by atoms with van der Waals surface area (Å²) in [5, 5.41) is 50.6. The van der Waals surface area contributed by atoms with E-state index in [9.17, 15) is 20.4 Å². The molecule has 4 aliphatic rings. The number of aromatic amines is 7. The lowest BCUT2D eigenvalue weighted by atomic mass is 10.2. The second-order valence-electron chi connectivity index (χ2n) is 28.7. The minimum absolute atomic E-state index is 0.0583. The zero-order chi connectivity index (χ0) is 78.1. The molecule has 0 saturated heterocycles. The average molecular weight is 1480 g/mol. The van der Waals surface area contributed by atoms with E-state index in [0.29, 0.717) is 6.54 Å². The fourth-order valence-corrected chi connectivity index (χ4v) is 14.0. The van der Waals surface area contributed by atoms with Crippen LogP contribution in [0.3, 0.4) is 0 Å². The van der Waals surface area contributed by atoms with Crippen molar-refractivity contribution in [2.45, 2.75) is 102 Å². The van der Waals surface area contributed by atoms with Crippen LogP contribution >= 0.6 is 0 Å². The average Bonchev–Trinajstić information content (AvgIpc) is 1.65. The lowest BCUT2D eigenvalue weighted by molar-refractivity contribution is 0.240. The number of aromatic nitrogens is 8. The molecule has 0 amide bonds. The number of aryl methyl sites for hydroxylation is 8. The number of hydrogen-bond donors (Lipinski definition) is 11. The van der Waals surface area contributed by atoms with E-state index >= 15 is 0 Å². The van der Waals surface area contributed by atoms with E-state index < -0.39 is 0 Å². The molecule has 111 heavy (non-hydrogen) atoms. The van der Waals surface area contributed by atoms with Crippen molar-refractivity contribution in [3.8, 4) is 40.2 Å². The number of fused-ring (bicyclic) bond motifs is 4. The first-order valence-corrected chi connectivity index (χ1v) is 36.8. The van der Waals surface area contributed by atoms with E-state index in [-0.39, 0.29) is 35.2 Å². The minimum atomic E-state index is 0.0583. The van der Waals surface area contributed by atoms with E-state index in [2.05, 4.69) is 137 Å². The predicted molar refractivity (Wildman–Crippen MR) is 439 cm³/mol. The molecule has 5 aromatic carbocycles. The summed E-state index contributed by atoms with van der Waals surface area (Å²) >= 11 is 0. The highest BCUT2D eigenvalue weighted by atomic mass is 16.5. The SMILES string of the molecule is COC1=CC(c2cc3ccccc3n2Cc2ccc(O)cc2)=N/C1=C\c1[nH]c(C)cc1C.COc1cc(=C2C=c3c(O)cccc3=N2)[nH]/c1=C\c1[nH]c(C)cc1C.Cc1cc(C)c(/C=c2\[nH]c(=C3C=c4c(O)cccc4=N3)cc2OC(C)C)[nH]1.Cc1cc(C)c(/C=c2\[nH]c(=C3C=c4ccc(O)cc4=N3)cc2OC(C)C)[nH]1. The summed E-state index contributed by atoms with van der Waals surface area (Å²) in [7, 11) is 3.33. The maximum Gasteiger partial charge on any atom is 0.146 e. The number of aromatic hydroxyl groups is 4. The van der Waals surface area contributed by atoms with Crippen molar-refractivity contribution in [3.05, 3.63) is 312 Å². The molecule has 11 N–H and O–H groups in total. The van der Waals surface area contributed by atoms with Crippen LogP contribution in [0.15, 0.2) is 189 Å². The van der Waals surface area contributed by atoms with Crippen LogP contribution in [-0.4, -0.2) is 92.0 Å². The quantitative estimate of drug-likeness (QED) is 0.0527. The molecule has 12 heterocycles. The number of H-pyrrole nitrogens is 7. The molecular formula is C91H90N12O8. The Labute approximate surface area is 640 Å². The second-order valence-corrected chi connectivity index (χ2v) is 28.7. The van der Waals surface area contributed by atoms with Crippen LogP contribution < -0.4 is 78.0 Å². The zero-order valence-electron chi connectivity index (χ0n) is 64.6. The Morgan fingerprint density at radius 1 is 0.414 bits per heavy atom. The molecule has 0 spiro atoms. The highest BCUT2D eigenvalue weighted by Crippen LogP contribution is 2.30. The van der Waals surface area contributed by atoms with Crippen LogP contribution in [-0.2, 0) is 11.3 Å². The van der Waals surface area contributed by atoms with Crippen molar-refractivity contribution in [1.29, 1.82) is 0 Å². The first kappa shape index (κ1) is 74.2. The van der Waals surface area contributed by atoms with Crippen molar-refractivity contribution in [3.63, 3.8) is 0 Å². The fourth-order valence-electron chi connectivity index (χ4n) is 14.0. The second kappa shape index (κ2) is 31.3. The maximum absolute atomic E-state index is 10.1.